The van der Waals surface area contributed by atoms with Crippen LogP contribution in [-0.4, -0.2) is 43.4 Å². The zero-order chi connectivity index (χ0) is 12.9. The molecule has 1 unspecified atom stereocenters. The third kappa shape index (κ3) is 4.25. The van der Waals surface area contributed by atoms with E-state index in [4.69, 9.17) is 5.11 Å². The molecule has 0 spiro atoms. The van der Waals surface area contributed by atoms with Gasteiger partial charge in [-0.25, -0.2) is 4.72 Å². The predicted octanol–water partition coefficient (Wildman–Crippen LogP) is 0.418. The predicted molar refractivity (Wildman–Crippen MR) is 63.8 cm³/mol. The molecule has 0 aliphatic carbocycles. The van der Waals surface area contributed by atoms with Crippen LogP contribution in [0.25, 0.3) is 0 Å². The molecule has 0 amide bonds. The summed E-state index contributed by atoms with van der Waals surface area (Å²) in [7, 11) is -3.50. The van der Waals surface area contributed by atoms with Crippen molar-refractivity contribution in [1.82, 2.24) is 9.03 Å². The number of hydrogen-bond acceptors (Lipinski definition) is 3. The molecule has 0 aromatic heterocycles. The summed E-state index contributed by atoms with van der Waals surface area (Å²) < 4.78 is 27.4. The average molecular weight is 264 g/mol. The van der Waals surface area contributed by atoms with Gasteiger partial charge in [-0.1, -0.05) is 13.3 Å². The SMILES string of the molecule is CCCCNS(=O)(=O)N1CCCC(C(=O)O)C1. The summed E-state index contributed by atoms with van der Waals surface area (Å²) in [6.07, 6.45) is 2.86. The van der Waals surface area contributed by atoms with Crippen molar-refractivity contribution in [3.8, 4) is 0 Å². The molecule has 0 saturated carbocycles. The smallest absolute Gasteiger partial charge is 0.307 e. The van der Waals surface area contributed by atoms with Gasteiger partial charge >= 0.3 is 5.97 Å². The van der Waals surface area contributed by atoms with Gasteiger partial charge in [-0.2, -0.15) is 12.7 Å². The maximum atomic E-state index is 11.9. The molecule has 0 bridgehead atoms. The van der Waals surface area contributed by atoms with Crippen LogP contribution < -0.4 is 4.72 Å². The number of nitrogens with one attached hydrogen (secondary N) is 1. The van der Waals surface area contributed by atoms with E-state index in [-0.39, 0.29) is 6.54 Å². The first-order valence-corrected chi connectivity index (χ1v) is 7.39. The molecule has 1 saturated heterocycles. The summed E-state index contributed by atoms with van der Waals surface area (Å²) >= 11 is 0. The van der Waals surface area contributed by atoms with Crippen molar-refractivity contribution in [1.29, 1.82) is 0 Å². The van der Waals surface area contributed by atoms with Crippen molar-refractivity contribution in [3.05, 3.63) is 0 Å². The summed E-state index contributed by atoms with van der Waals surface area (Å²) in [5.74, 6) is -1.50. The molecule has 1 fully saturated rings. The lowest BCUT2D eigenvalue weighted by atomic mass is 10.0. The molecule has 17 heavy (non-hydrogen) atoms. The molecule has 100 valence electrons. The number of carbonyl (C=O) groups is 1. The molecular weight excluding hydrogens is 244 g/mol. The van der Waals surface area contributed by atoms with Gasteiger partial charge < -0.3 is 5.11 Å². The lowest BCUT2D eigenvalue weighted by molar-refractivity contribution is -0.142. The van der Waals surface area contributed by atoms with Crippen LogP contribution in [0.5, 0.6) is 0 Å². The summed E-state index contributed by atoms with van der Waals surface area (Å²) in [4.78, 5) is 10.8. The molecule has 0 aromatic carbocycles. The quantitative estimate of drug-likeness (QED) is 0.681. The van der Waals surface area contributed by atoms with Gasteiger partial charge in [0.15, 0.2) is 0 Å². The number of nitrogens with zero attached hydrogens (tertiary/aromatic N) is 1. The molecule has 1 aliphatic heterocycles. The number of hydrogen-bond donors (Lipinski definition) is 2. The lowest BCUT2D eigenvalue weighted by Gasteiger charge is -2.29. The number of carboxylic acids is 1. The highest BCUT2D eigenvalue weighted by Gasteiger charge is 2.31. The Bertz CT molecular complexity index is 355. The van der Waals surface area contributed by atoms with Gasteiger partial charge in [-0.15, -0.1) is 0 Å². The summed E-state index contributed by atoms with van der Waals surface area (Å²) in [6.45, 7) is 2.88. The molecule has 7 heteroatoms. The normalized spacial score (nSPS) is 22.5. The Kier molecular flexibility index (Phi) is 5.35. The Morgan fingerprint density at radius 2 is 2.24 bits per heavy atom. The minimum Gasteiger partial charge on any atom is -0.481 e. The fourth-order valence-electron chi connectivity index (χ4n) is 1.83. The molecule has 1 aliphatic rings. The second-order valence-corrected chi connectivity index (χ2v) is 6.04. The Balaban J connectivity index is 2.55. The fraction of sp³-hybridized carbons (Fsp3) is 0.900. The Morgan fingerprint density at radius 1 is 1.53 bits per heavy atom. The zero-order valence-corrected chi connectivity index (χ0v) is 10.9. The minimum absolute atomic E-state index is 0.0802. The van der Waals surface area contributed by atoms with Gasteiger partial charge in [-0.05, 0) is 19.3 Å². The third-order valence-corrected chi connectivity index (χ3v) is 4.47. The Hall–Kier alpha value is -0.660. The summed E-state index contributed by atoms with van der Waals surface area (Å²) in [6, 6.07) is 0. The second kappa shape index (κ2) is 6.32. The lowest BCUT2D eigenvalue weighted by Crippen LogP contribution is -2.47. The van der Waals surface area contributed by atoms with Crippen molar-refractivity contribution in [2.75, 3.05) is 19.6 Å². The second-order valence-electron chi connectivity index (χ2n) is 4.29. The maximum Gasteiger partial charge on any atom is 0.307 e. The van der Waals surface area contributed by atoms with Crippen LogP contribution in [0.4, 0.5) is 0 Å². The minimum atomic E-state index is -3.50. The van der Waals surface area contributed by atoms with E-state index in [1.807, 2.05) is 6.92 Å². The van der Waals surface area contributed by atoms with E-state index in [1.54, 1.807) is 0 Å². The van der Waals surface area contributed by atoms with E-state index in [2.05, 4.69) is 4.72 Å². The van der Waals surface area contributed by atoms with Crippen LogP contribution in [0.3, 0.4) is 0 Å². The van der Waals surface area contributed by atoms with Crippen LogP contribution >= 0.6 is 0 Å². The highest BCUT2D eigenvalue weighted by Crippen LogP contribution is 2.18. The fourth-order valence-corrected chi connectivity index (χ4v) is 3.16. The van der Waals surface area contributed by atoms with Crippen LogP contribution in [0.1, 0.15) is 32.6 Å². The highest BCUT2D eigenvalue weighted by atomic mass is 32.2. The standard InChI is InChI=1S/C10H20N2O4S/c1-2-3-6-11-17(15,16)12-7-4-5-9(8-12)10(13)14/h9,11H,2-8H2,1H3,(H,13,14). The summed E-state index contributed by atoms with van der Waals surface area (Å²) in [5.41, 5.74) is 0. The first-order chi connectivity index (χ1) is 7.97. The van der Waals surface area contributed by atoms with Gasteiger partial charge in [0.1, 0.15) is 0 Å². The van der Waals surface area contributed by atoms with Crippen molar-refractivity contribution < 1.29 is 18.3 Å². The van der Waals surface area contributed by atoms with Gasteiger partial charge in [0.05, 0.1) is 5.92 Å². The van der Waals surface area contributed by atoms with Gasteiger partial charge in [0.2, 0.25) is 0 Å². The molecule has 2 N–H and O–H groups in total. The van der Waals surface area contributed by atoms with Gasteiger partial charge in [0, 0.05) is 19.6 Å². The Labute approximate surface area is 102 Å². The van der Waals surface area contributed by atoms with Crippen molar-refractivity contribution in [2.24, 2.45) is 5.92 Å². The number of unbranched alkanes of at least 4 members (excludes halogenated alkanes) is 1. The first-order valence-electron chi connectivity index (χ1n) is 5.95. The van der Waals surface area contributed by atoms with E-state index in [0.29, 0.717) is 25.9 Å². The molecule has 0 aromatic rings. The zero-order valence-electron chi connectivity index (χ0n) is 10.1. The monoisotopic (exact) mass is 264 g/mol. The number of aliphatic carboxylic acids is 1. The van der Waals surface area contributed by atoms with E-state index >= 15 is 0 Å². The largest absolute Gasteiger partial charge is 0.481 e. The van der Waals surface area contributed by atoms with Crippen LogP contribution in [0, 0.1) is 5.92 Å². The molecule has 1 rings (SSSR count). The summed E-state index contributed by atoms with van der Waals surface area (Å²) in [5, 5.41) is 8.89. The highest BCUT2D eigenvalue weighted by molar-refractivity contribution is 7.87. The number of carboxylic acid groups (broad SMARTS) is 1. The van der Waals surface area contributed by atoms with E-state index in [9.17, 15) is 13.2 Å². The number of piperidine rings is 1. The molecular formula is C10H20N2O4S. The van der Waals surface area contributed by atoms with Crippen LogP contribution in [0.2, 0.25) is 0 Å². The topological polar surface area (TPSA) is 86.7 Å². The molecule has 1 atom stereocenters. The third-order valence-electron chi connectivity index (χ3n) is 2.89. The van der Waals surface area contributed by atoms with Crippen LogP contribution in [0.15, 0.2) is 0 Å². The molecule has 1 heterocycles. The van der Waals surface area contributed by atoms with Crippen molar-refractivity contribution in [2.45, 2.75) is 32.6 Å². The van der Waals surface area contributed by atoms with Crippen LogP contribution in [-0.2, 0) is 15.0 Å². The molecule has 0 radical (unpaired) electrons. The van der Waals surface area contributed by atoms with Crippen molar-refractivity contribution >= 4 is 16.2 Å². The Morgan fingerprint density at radius 3 is 2.82 bits per heavy atom. The van der Waals surface area contributed by atoms with E-state index in [0.717, 1.165) is 12.8 Å². The maximum absolute atomic E-state index is 11.9. The van der Waals surface area contributed by atoms with Crippen molar-refractivity contribution in [3.63, 3.8) is 0 Å². The van der Waals surface area contributed by atoms with E-state index < -0.39 is 22.1 Å². The molecule has 6 nitrogen and oxygen atoms in total. The first kappa shape index (κ1) is 14.4. The average Bonchev–Trinajstić information content (AvgIpc) is 2.29. The number of rotatable bonds is 6. The van der Waals surface area contributed by atoms with E-state index in [1.165, 1.54) is 4.31 Å². The van der Waals surface area contributed by atoms with Gasteiger partial charge in [-0.3, -0.25) is 4.79 Å². The van der Waals surface area contributed by atoms with Gasteiger partial charge in [0.25, 0.3) is 10.2 Å².